The normalized spacial score (nSPS) is 14.9. The number of furan rings is 1. The van der Waals surface area contributed by atoms with Crippen molar-refractivity contribution in [1.29, 1.82) is 0 Å². The van der Waals surface area contributed by atoms with Crippen LogP contribution in [-0.2, 0) is 0 Å². The molecule has 0 amide bonds. The molecule has 0 saturated carbocycles. The highest BCUT2D eigenvalue weighted by Gasteiger charge is 2.26. The summed E-state index contributed by atoms with van der Waals surface area (Å²) >= 11 is 1.83. The number of hydrogen-bond donors (Lipinski definition) is 1. The molecule has 3 aromatic heterocycles. The number of hydrogen-bond acceptors (Lipinski definition) is 5. The first kappa shape index (κ1) is 28.3. The van der Waals surface area contributed by atoms with E-state index >= 15 is 0 Å². The van der Waals surface area contributed by atoms with Crippen LogP contribution in [-0.4, -0.2) is 16.2 Å². The van der Waals surface area contributed by atoms with Crippen LogP contribution in [0.4, 0.5) is 0 Å². The molecule has 0 radical (unpaired) electrons. The van der Waals surface area contributed by atoms with Gasteiger partial charge in [-0.05, 0) is 35.9 Å². The van der Waals surface area contributed by atoms with Crippen LogP contribution in [0.15, 0.2) is 172 Å². The zero-order valence-electron chi connectivity index (χ0n) is 27.2. The molecule has 7 aromatic carbocycles. The number of amidine groups is 2. The first-order chi connectivity index (χ1) is 25.3. The SMILES string of the molecule is c1ccc(C2=NC(c3cccc(-n4c5ccccc5c5c6c7ccccc7oc6c6c7ccccc7sc6c54)c3)=NC(c3ccccc3)N2)cc1. The van der Waals surface area contributed by atoms with Crippen LogP contribution in [0.3, 0.4) is 0 Å². The maximum absolute atomic E-state index is 6.76. The molecule has 11 rings (SSSR count). The second-order valence-electron chi connectivity index (χ2n) is 13.0. The Labute approximate surface area is 296 Å². The second kappa shape index (κ2) is 11.0. The number of rotatable bonds is 4. The van der Waals surface area contributed by atoms with Gasteiger partial charge in [0.2, 0.25) is 0 Å². The van der Waals surface area contributed by atoms with Gasteiger partial charge in [-0.2, -0.15) is 0 Å². The molecule has 1 unspecified atom stereocenters. The number of para-hydroxylation sites is 2. The van der Waals surface area contributed by atoms with Gasteiger partial charge in [0, 0.05) is 53.8 Å². The molecular formula is C45H28N4OS. The molecule has 0 bridgehead atoms. The minimum Gasteiger partial charge on any atom is -0.455 e. The Bertz CT molecular complexity index is 3060. The van der Waals surface area contributed by atoms with Crippen LogP contribution >= 0.6 is 11.3 Å². The third-order valence-corrected chi connectivity index (χ3v) is 11.2. The number of nitrogens with zero attached hydrogens (tertiary/aromatic N) is 3. The third-order valence-electron chi connectivity index (χ3n) is 10.0. The summed E-state index contributed by atoms with van der Waals surface area (Å²) < 4.78 is 11.6. The lowest BCUT2D eigenvalue weighted by molar-refractivity contribution is 0.673. The highest BCUT2D eigenvalue weighted by atomic mass is 32.1. The molecular weight excluding hydrogens is 645 g/mol. The summed E-state index contributed by atoms with van der Waals surface area (Å²) in [6, 6.07) is 55.2. The molecule has 0 aliphatic carbocycles. The van der Waals surface area contributed by atoms with E-state index in [1.165, 1.54) is 36.5 Å². The molecule has 0 fully saturated rings. The van der Waals surface area contributed by atoms with Crippen molar-refractivity contribution in [3.05, 3.63) is 174 Å². The molecule has 1 aliphatic heterocycles. The monoisotopic (exact) mass is 672 g/mol. The molecule has 1 aliphatic rings. The molecule has 0 spiro atoms. The van der Waals surface area contributed by atoms with Crippen LogP contribution in [0.1, 0.15) is 22.9 Å². The summed E-state index contributed by atoms with van der Waals surface area (Å²) in [6.45, 7) is 0. The molecule has 4 heterocycles. The second-order valence-corrected chi connectivity index (χ2v) is 14.0. The summed E-state index contributed by atoms with van der Waals surface area (Å²) in [6.07, 6.45) is -0.272. The molecule has 240 valence electrons. The summed E-state index contributed by atoms with van der Waals surface area (Å²) in [5.74, 6) is 1.50. The molecule has 51 heavy (non-hydrogen) atoms. The van der Waals surface area contributed by atoms with E-state index in [1.54, 1.807) is 0 Å². The number of fused-ring (bicyclic) bond motifs is 12. The van der Waals surface area contributed by atoms with Crippen LogP contribution in [0.2, 0.25) is 0 Å². The number of aliphatic imine (C=N–C) groups is 2. The summed E-state index contributed by atoms with van der Waals surface area (Å²) in [5, 5.41) is 10.7. The molecule has 1 atom stereocenters. The Morgan fingerprint density at radius 3 is 2.18 bits per heavy atom. The van der Waals surface area contributed by atoms with E-state index in [-0.39, 0.29) is 6.17 Å². The lowest BCUT2D eigenvalue weighted by atomic mass is 10.0. The average Bonchev–Trinajstić information content (AvgIpc) is 3.88. The standard InChI is InChI=1S/C45H28N4OS/c1-3-14-27(15-4-1)43-46-44(28-16-5-2-6-17-28)48-45(47-43)29-18-13-19-30(26-29)49-34-23-10-7-20-31(34)37-38-32-21-8-11-24-35(32)50-41(38)39-33-22-9-12-25-36(33)51-42(39)40(37)49/h1-26,43H,(H,46,47,48). The smallest absolute Gasteiger partial charge is 0.159 e. The summed E-state index contributed by atoms with van der Waals surface area (Å²) in [4.78, 5) is 10.3. The average molecular weight is 673 g/mol. The van der Waals surface area contributed by atoms with Gasteiger partial charge in [-0.1, -0.05) is 127 Å². The van der Waals surface area contributed by atoms with E-state index in [0.29, 0.717) is 5.84 Å². The topological polar surface area (TPSA) is 54.8 Å². The Hall–Kier alpha value is -6.50. The van der Waals surface area contributed by atoms with Crippen molar-refractivity contribution >= 4 is 86.9 Å². The fourth-order valence-electron chi connectivity index (χ4n) is 7.79. The fourth-order valence-corrected chi connectivity index (χ4v) is 9.04. The van der Waals surface area contributed by atoms with E-state index < -0.39 is 0 Å². The lowest BCUT2D eigenvalue weighted by Gasteiger charge is -2.23. The van der Waals surface area contributed by atoms with Crippen LogP contribution in [0.5, 0.6) is 0 Å². The first-order valence-electron chi connectivity index (χ1n) is 17.1. The minimum absolute atomic E-state index is 0.272. The molecule has 1 N–H and O–H groups in total. The van der Waals surface area contributed by atoms with Crippen molar-refractivity contribution in [3.63, 3.8) is 0 Å². The van der Waals surface area contributed by atoms with Gasteiger partial charge in [-0.3, -0.25) is 0 Å². The van der Waals surface area contributed by atoms with Gasteiger partial charge >= 0.3 is 0 Å². The molecule has 10 aromatic rings. The van der Waals surface area contributed by atoms with Gasteiger partial charge in [0.1, 0.15) is 23.2 Å². The van der Waals surface area contributed by atoms with E-state index in [1.807, 2.05) is 35.6 Å². The Morgan fingerprint density at radius 2 is 1.31 bits per heavy atom. The maximum Gasteiger partial charge on any atom is 0.159 e. The van der Waals surface area contributed by atoms with Gasteiger partial charge in [-0.25, -0.2) is 9.98 Å². The van der Waals surface area contributed by atoms with Gasteiger partial charge in [-0.15, -0.1) is 11.3 Å². The van der Waals surface area contributed by atoms with E-state index in [0.717, 1.165) is 55.7 Å². The Morgan fingerprint density at radius 1 is 0.608 bits per heavy atom. The van der Waals surface area contributed by atoms with Crippen molar-refractivity contribution in [3.8, 4) is 5.69 Å². The minimum atomic E-state index is -0.272. The van der Waals surface area contributed by atoms with Gasteiger partial charge in [0.15, 0.2) is 5.84 Å². The fraction of sp³-hybridized carbons (Fsp3) is 0.0222. The molecule has 6 heteroatoms. The van der Waals surface area contributed by atoms with E-state index in [2.05, 4.69) is 143 Å². The molecule has 0 saturated heterocycles. The predicted molar refractivity (Wildman–Crippen MR) is 213 cm³/mol. The van der Waals surface area contributed by atoms with Crippen molar-refractivity contribution in [2.75, 3.05) is 0 Å². The quantitative estimate of drug-likeness (QED) is 0.202. The zero-order valence-corrected chi connectivity index (χ0v) is 28.1. The summed E-state index contributed by atoms with van der Waals surface area (Å²) in [5.41, 5.74) is 8.30. The molecule has 5 nitrogen and oxygen atoms in total. The Kier molecular flexibility index (Phi) is 6.12. The lowest BCUT2D eigenvalue weighted by Crippen LogP contribution is -2.33. The van der Waals surface area contributed by atoms with Gasteiger partial charge in [0.25, 0.3) is 0 Å². The van der Waals surface area contributed by atoms with Crippen molar-refractivity contribution in [2.45, 2.75) is 6.17 Å². The number of nitrogens with one attached hydrogen (secondary N) is 1. The van der Waals surface area contributed by atoms with Gasteiger partial charge < -0.3 is 14.3 Å². The van der Waals surface area contributed by atoms with E-state index in [4.69, 9.17) is 14.4 Å². The van der Waals surface area contributed by atoms with Crippen LogP contribution < -0.4 is 5.32 Å². The predicted octanol–water partition coefficient (Wildman–Crippen LogP) is 11.5. The summed E-state index contributed by atoms with van der Waals surface area (Å²) in [7, 11) is 0. The largest absolute Gasteiger partial charge is 0.455 e. The maximum atomic E-state index is 6.76. The van der Waals surface area contributed by atoms with Crippen molar-refractivity contribution in [1.82, 2.24) is 9.88 Å². The highest BCUT2D eigenvalue weighted by Crippen LogP contribution is 2.50. The number of benzene rings is 7. The van der Waals surface area contributed by atoms with Gasteiger partial charge in [0.05, 0.1) is 15.7 Å². The van der Waals surface area contributed by atoms with Crippen molar-refractivity contribution in [2.24, 2.45) is 9.98 Å². The third kappa shape index (κ3) is 4.27. The van der Waals surface area contributed by atoms with Crippen molar-refractivity contribution < 1.29 is 4.42 Å². The Balaban J connectivity index is 1.21. The van der Waals surface area contributed by atoms with Crippen LogP contribution in [0.25, 0.3) is 69.6 Å². The first-order valence-corrected chi connectivity index (χ1v) is 17.9. The number of aromatic nitrogens is 1. The zero-order chi connectivity index (χ0) is 33.5. The highest BCUT2D eigenvalue weighted by molar-refractivity contribution is 7.27. The van der Waals surface area contributed by atoms with Crippen LogP contribution in [0, 0.1) is 0 Å². The number of thiophene rings is 1. The van der Waals surface area contributed by atoms with E-state index in [9.17, 15) is 0 Å².